The van der Waals surface area contributed by atoms with Gasteiger partial charge in [-0.1, -0.05) is 13.8 Å². The number of hydrogen-bond donors (Lipinski definition) is 1. The normalized spacial score (nSPS) is 12.9. The van der Waals surface area contributed by atoms with Gasteiger partial charge in [0.2, 0.25) is 0 Å². The lowest BCUT2D eigenvalue weighted by Gasteiger charge is -2.15. The van der Waals surface area contributed by atoms with Crippen molar-refractivity contribution in [2.45, 2.75) is 32.7 Å². The molecule has 16 heavy (non-hydrogen) atoms. The molecule has 0 aliphatic carbocycles. The van der Waals surface area contributed by atoms with Crippen LogP contribution in [0.25, 0.3) is 0 Å². The maximum Gasteiger partial charge on any atom is 0.176 e. The van der Waals surface area contributed by atoms with E-state index in [0.717, 1.165) is 24.5 Å². The van der Waals surface area contributed by atoms with Gasteiger partial charge in [-0.15, -0.1) is 10.2 Å². The van der Waals surface area contributed by atoms with E-state index in [1.54, 1.807) is 7.05 Å². The van der Waals surface area contributed by atoms with Gasteiger partial charge in [-0.25, -0.2) is 0 Å². The predicted octanol–water partition coefficient (Wildman–Crippen LogP) is 0.874. The second-order valence-corrected chi connectivity index (χ2v) is 4.88. The summed E-state index contributed by atoms with van der Waals surface area (Å²) in [6, 6.07) is 0.450. The maximum atomic E-state index is 4.21. The van der Waals surface area contributed by atoms with E-state index in [1.165, 1.54) is 17.0 Å². The highest BCUT2D eigenvalue weighted by Gasteiger charge is 2.11. The van der Waals surface area contributed by atoms with Gasteiger partial charge in [0, 0.05) is 18.2 Å². The zero-order valence-corrected chi connectivity index (χ0v) is 11.1. The third-order valence-corrected chi connectivity index (χ3v) is 3.47. The Morgan fingerprint density at radius 3 is 2.81 bits per heavy atom. The van der Waals surface area contributed by atoms with Gasteiger partial charge >= 0.3 is 0 Å². The summed E-state index contributed by atoms with van der Waals surface area (Å²) in [7, 11) is 1.80. The number of aryl methyl sites for hydroxylation is 1. The minimum absolute atomic E-state index is 0.450. The molecule has 1 aromatic rings. The van der Waals surface area contributed by atoms with Gasteiger partial charge in [-0.05, 0) is 23.9 Å². The van der Waals surface area contributed by atoms with Crippen LogP contribution in [0.4, 0.5) is 0 Å². The zero-order chi connectivity index (χ0) is 11.8. The van der Waals surface area contributed by atoms with Crippen molar-refractivity contribution in [3.05, 3.63) is 5.82 Å². The largest absolute Gasteiger partial charge is 0.313 e. The van der Waals surface area contributed by atoms with Crippen molar-refractivity contribution < 1.29 is 0 Å². The summed E-state index contributed by atoms with van der Waals surface area (Å²) in [5.74, 6) is 3.15. The van der Waals surface area contributed by atoms with E-state index in [0.29, 0.717) is 6.04 Å². The Morgan fingerprint density at radius 2 is 2.25 bits per heavy atom. The Morgan fingerprint density at radius 1 is 1.44 bits per heavy atom. The average Bonchev–Trinajstić information content (AvgIpc) is 2.65. The van der Waals surface area contributed by atoms with Gasteiger partial charge in [0.15, 0.2) is 5.82 Å². The van der Waals surface area contributed by atoms with Gasteiger partial charge in [0.1, 0.15) is 0 Å². The van der Waals surface area contributed by atoms with E-state index in [2.05, 4.69) is 34.6 Å². The van der Waals surface area contributed by atoms with Crippen LogP contribution in [0.3, 0.4) is 0 Å². The first-order valence-electron chi connectivity index (χ1n) is 5.80. The highest BCUT2D eigenvalue weighted by molar-refractivity contribution is 7.99. The zero-order valence-electron chi connectivity index (χ0n) is 10.3. The number of likely N-dealkylation sites (N-methyl/N-ethyl adjacent to an activating group) is 1. The van der Waals surface area contributed by atoms with Crippen LogP contribution in [0.1, 0.15) is 26.1 Å². The Balaban J connectivity index is 2.37. The summed E-state index contributed by atoms with van der Waals surface area (Å²) in [6.07, 6.45) is 2.09. The predicted molar refractivity (Wildman–Crippen MR) is 67.6 cm³/mol. The van der Waals surface area contributed by atoms with E-state index in [1.807, 2.05) is 11.8 Å². The molecular weight excluding hydrogens is 222 g/mol. The standard InChI is InChI=1S/C10H21N5S/c1-4-6-16-8-9(11-5-2)7-10-12-14-15(3)13-10/h9,11H,4-8H2,1-3H3. The van der Waals surface area contributed by atoms with Crippen LogP contribution in [0.2, 0.25) is 0 Å². The van der Waals surface area contributed by atoms with E-state index < -0.39 is 0 Å². The number of nitrogens with zero attached hydrogens (tertiary/aromatic N) is 4. The molecule has 5 nitrogen and oxygen atoms in total. The summed E-state index contributed by atoms with van der Waals surface area (Å²) >= 11 is 1.98. The van der Waals surface area contributed by atoms with Crippen molar-refractivity contribution in [3.8, 4) is 0 Å². The van der Waals surface area contributed by atoms with Crippen molar-refractivity contribution in [1.29, 1.82) is 0 Å². The fourth-order valence-electron chi connectivity index (χ4n) is 1.47. The minimum atomic E-state index is 0.450. The molecule has 0 aliphatic heterocycles. The Kier molecular flexibility index (Phi) is 6.40. The third-order valence-electron chi connectivity index (χ3n) is 2.14. The lowest BCUT2D eigenvalue weighted by molar-refractivity contribution is 0.556. The van der Waals surface area contributed by atoms with Crippen LogP contribution in [0.5, 0.6) is 0 Å². The lowest BCUT2D eigenvalue weighted by atomic mass is 10.2. The average molecular weight is 243 g/mol. The second-order valence-electron chi connectivity index (χ2n) is 3.73. The molecule has 0 bridgehead atoms. The van der Waals surface area contributed by atoms with Crippen LogP contribution in [0, 0.1) is 0 Å². The molecule has 1 atom stereocenters. The smallest absolute Gasteiger partial charge is 0.176 e. The quantitative estimate of drug-likeness (QED) is 0.687. The molecule has 92 valence electrons. The van der Waals surface area contributed by atoms with Crippen LogP contribution in [-0.4, -0.2) is 44.3 Å². The topological polar surface area (TPSA) is 55.6 Å². The molecule has 0 fully saturated rings. The number of hydrogen-bond acceptors (Lipinski definition) is 5. The van der Waals surface area contributed by atoms with E-state index in [9.17, 15) is 0 Å². The van der Waals surface area contributed by atoms with Gasteiger partial charge < -0.3 is 5.32 Å². The summed E-state index contributed by atoms with van der Waals surface area (Å²) in [5.41, 5.74) is 0. The second kappa shape index (κ2) is 7.62. The maximum absolute atomic E-state index is 4.21. The summed E-state index contributed by atoms with van der Waals surface area (Å²) < 4.78 is 0. The number of rotatable bonds is 8. The van der Waals surface area contributed by atoms with Gasteiger partial charge in [-0.2, -0.15) is 16.6 Å². The van der Waals surface area contributed by atoms with Crippen molar-refractivity contribution in [2.75, 3.05) is 18.1 Å². The van der Waals surface area contributed by atoms with Gasteiger partial charge in [-0.3, -0.25) is 0 Å². The number of aromatic nitrogens is 4. The molecular formula is C10H21N5S. The van der Waals surface area contributed by atoms with E-state index >= 15 is 0 Å². The van der Waals surface area contributed by atoms with Crippen LogP contribution >= 0.6 is 11.8 Å². The number of thioether (sulfide) groups is 1. The van der Waals surface area contributed by atoms with Crippen molar-refractivity contribution in [3.63, 3.8) is 0 Å². The van der Waals surface area contributed by atoms with Crippen LogP contribution in [0.15, 0.2) is 0 Å². The van der Waals surface area contributed by atoms with E-state index in [-0.39, 0.29) is 0 Å². The molecule has 6 heteroatoms. The first kappa shape index (κ1) is 13.4. The SMILES string of the molecule is CCCSCC(Cc1nnn(C)n1)NCC. The molecule has 1 N–H and O–H groups in total. The molecule has 0 saturated carbocycles. The van der Waals surface area contributed by atoms with Gasteiger partial charge in [0.05, 0.1) is 7.05 Å². The molecule has 1 aromatic heterocycles. The summed E-state index contributed by atoms with van der Waals surface area (Å²) in [4.78, 5) is 1.51. The molecule has 0 amide bonds. The highest BCUT2D eigenvalue weighted by Crippen LogP contribution is 2.07. The molecule has 1 unspecified atom stereocenters. The third kappa shape index (κ3) is 4.94. The van der Waals surface area contributed by atoms with Gasteiger partial charge in [0.25, 0.3) is 0 Å². The lowest BCUT2D eigenvalue weighted by Crippen LogP contribution is -2.33. The molecule has 0 aromatic carbocycles. The Bertz CT molecular complexity index is 288. The van der Waals surface area contributed by atoms with E-state index in [4.69, 9.17) is 0 Å². The molecule has 1 rings (SSSR count). The molecule has 0 spiro atoms. The molecule has 0 radical (unpaired) electrons. The van der Waals surface area contributed by atoms with Crippen molar-refractivity contribution >= 4 is 11.8 Å². The van der Waals surface area contributed by atoms with Crippen LogP contribution < -0.4 is 5.32 Å². The highest BCUT2D eigenvalue weighted by atomic mass is 32.2. The van der Waals surface area contributed by atoms with Crippen LogP contribution in [-0.2, 0) is 13.5 Å². The van der Waals surface area contributed by atoms with Crippen molar-refractivity contribution in [2.24, 2.45) is 7.05 Å². The fourth-order valence-corrected chi connectivity index (χ4v) is 2.45. The Labute approximate surface area is 101 Å². The summed E-state index contributed by atoms with van der Waals surface area (Å²) in [5, 5.41) is 15.5. The summed E-state index contributed by atoms with van der Waals surface area (Å²) in [6.45, 7) is 5.32. The molecule has 0 saturated heterocycles. The fraction of sp³-hybridized carbons (Fsp3) is 0.900. The van der Waals surface area contributed by atoms with Crippen molar-refractivity contribution in [1.82, 2.24) is 25.5 Å². The molecule has 1 heterocycles. The minimum Gasteiger partial charge on any atom is -0.313 e. The number of nitrogens with one attached hydrogen (secondary N) is 1. The molecule has 0 aliphatic rings. The first-order valence-corrected chi connectivity index (χ1v) is 6.95. The Hall–Kier alpha value is -0.620. The monoisotopic (exact) mass is 243 g/mol. The number of tetrazole rings is 1. The first-order chi connectivity index (χ1) is 7.76.